The highest BCUT2D eigenvalue weighted by atomic mass is 16.5. The van der Waals surface area contributed by atoms with Crippen LogP contribution in [0.5, 0.6) is 0 Å². The average molecular weight is 273 g/mol. The van der Waals surface area contributed by atoms with Crippen molar-refractivity contribution in [2.45, 2.75) is 31.5 Å². The molecule has 1 N–H and O–H groups in total. The Balaban J connectivity index is 1.90. The third-order valence-corrected chi connectivity index (χ3v) is 3.42. The topological polar surface area (TPSA) is 47.6 Å². The first-order valence-electron chi connectivity index (χ1n) is 6.73. The van der Waals surface area contributed by atoms with Crippen LogP contribution in [-0.2, 0) is 16.0 Å². The summed E-state index contributed by atoms with van der Waals surface area (Å²) in [6, 6.07) is 7.21. The van der Waals surface area contributed by atoms with Gasteiger partial charge in [0.1, 0.15) is 0 Å². The first-order valence-corrected chi connectivity index (χ1v) is 6.73. The summed E-state index contributed by atoms with van der Waals surface area (Å²) >= 11 is 0. The molecule has 0 aromatic heterocycles. The quantitative estimate of drug-likeness (QED) is 0.656. The molecule has 1 aliphatic rings. The van der Waals surface area contributed by atoms with E-state index in [0.29, 0.717) is 12.1 Å². The van der Waals surface area contributed by atoms with Gasteiger partial charge in [0.2, 0.25) is 0 Å². The van der Waals surface area contributed by atoms with Crippen molar-refractivity contribution in [3.05, 3.63) is 35.4 Å². The monoisotopic (exact) mass is 273 g/mol. The molecule has 1 aromatic rings. The van der Waals surface area contributed by atoms with Crippen molar-refractivity contribution in [2.75, 3.05) is 13.7 Å². The molecule has 4 heteroatoms. The van der Waals surface area contributed by atoms with Crippen molar-refractivity contribution in [1.29, 1.82) is 0 Å². The second kappa shape index (κ2) is 7.09. The molecule has 0 spiro atoms. The number of carbonyl (C=O) groups is 1. The summed E-state index contributed by atoms with van der Waals surface area (Å²) in [7, 11) is 1.37. The molecule has 0 aliphatic carbocycles. The molecule has 1 fully saturated rings. The average Bonchev–Trinajstić information content (AvgIpc) is 3.02. The number of rotatable bonds is 5. The van der Waals surface area contributed by atoms with Crippen LogP contribution >= 0.6 is 0 Å². The van der Waals surface area contributed by atoms with Gasteiger partial charge in [-0.15, -0.1) is 6.42 Å². The Morgan fingerprint density at radius 2 is 2.30 bits per heavy atom. The zero-order valence-electron chi connectivity index (χ0n) is 11.6. The summed E-state index contributed by atoms with van der Waals surface area (Å²) in [5.41, 5.74) is 1.61. The Bertz CT molecular complexity index is 483. The second-order valence-corrected chi connectivity index (χ2v) is 4.77. The molecule has 4 nitrogen and oxygen atoms in total. The van der Waals surface area contributed by atoms with E-state index in [0.717, 1.165) is 25.0 Å². The summed E-state index contributed by atoms with van der Waals surface area (Å²) in [6.07, 6.45) is 7.72. The van der Waals surface area contributed by atoms with Crippen LogP contribution in [0.3, 0.4) is 0 Å². The molecular weight excluding hydrogens is 254 g/mol. The van der Waals surface area contributed by atoms with Gasteiger partial charge in [-0.3, -0.25) is 5.32 Å². The van der Waals surface area contributed by atoms with Crippen LogP contribution in [0.2, 0.25) is 0 Å². The van der Waals surface area contributed by atoms with Gasteiger partial charge in [-0.2, -0.15) is 0 Å². The number of esters is 1. The Kier molecular flexibility index (Phi) is 5.16. The molecule has 0 radical (unpaired) electrons. The van der Waals surface area contributed by atoms with Crippen LogP contribution in [0.25, 0.3) is 0 Å². The minimum absolute atomic E-state index is 0.0715. The zero-order chi connectivity index (χ0) is 14.4. The molecule has 0 bridgehead atoms. The van der Waals surface area contributed by atoms with Crippen LogP contribution in [0.1, 0.15) is 28.8 Å². The third kappa shape index (κ3) is 3.60. The summed E-state index contributed by atoms with van der Waals surface area (Å²) in [5.74, 6) is 2.41. The number of methoxy groups -OCH3 is 1. The SMILES string of the molecule is C#C[C@H](NCc1ccc(C(=O)OC)cc1)[C@@H]1CCCO1. The van der Waals surface area contributed by atoms with Gasteiger partial charge in [-0.05, 0) is 30.5 Å². The maximum atomic E-state index is 11.3. The number of hydrogen-bond acceptors (Lipinski definition) is 4. The van der Waals surface area contributed by atoms with Crippen LogP contribution < -0.4 is 5.32 Å². The lowest BCUT2D eigenvalue weighted by atomic mass is 10.1. The first kappa shape index (κ1) is 14.6. The van der Waals surface area contributed by atoms with E-state index in [9.17, 15) is 4.79 Å². The molecule has 106 valence electrons. The Hall–Kier alpha value is -1.83. The minimum atomic E-state index is -0.328. The lowest BCUT2D eigenvalue weighted by Crippen LogP contribution is -2.37. The van der Waals surface area contributed by atoms with E-state index in [1.54, 1.807) is 12.1 Å². The fraction of sp³-hybridized carbons (Fsp3) is 0.438. The number of benzene rings is 1. The van der Waals surface area contributed by atoms with E-state index in [2.05, 4.69) is 16.0 Å². The van der Waals surface area contributed by atoms with Crippen LogP contribution in [0.4, 0.5) is 0 Å². The van der Waals surface area contributed by atoms with E-state index < -0.39 is 0 Å². The molecule has 0 saturated carbocycles. The van der Waals surface area contributed by atoms with Gasteiger partial charge in [0.15, 0.2) is 0 Å². The molecule has 1 aromatic carbocycles. The number of terminal acetylenes is 1. The third-order valence-electron chi connectivity index (χ3n) is 3.42. The fourth-order valence-electron chi connectivity index (χ4n) is 2.27. The van der Waals surface area contributed by atoms with E-state index in [1.807, 2.05) is 12.1 Å². The lowest BCUT2D eigenvalue weighted by Gasteiger charge is -2.19. The number of hydrogen-bond donors (Lipinski definition) is 1. The summed E-state index contributed by atoms with van der Waals surface area (Å²) in [5, 5.41) is 3.31. The van der Waals surface area contributed by atoms with Crippen molar-refractivity contribution >= 4 is 5.97 Å². The highest BCUT2D eigenvalue weighted by molar-refractivity contribution is 5.89. The molecule has 2 atom stereocenters. The molecule has 1 heterocycles. The maximum Gasteiger partial charge on any atom is 0.337 e. The normalized spacial score (nSPS) is 19.3. The van der Waals surface area contributed by atoms with Gasteiger partial charge in [-0.1, -0.05) is 18.1 Å². The van der Waals surface area contributed by atoms with Gasteiger partial charge in [0.05, 0.1) is 24.8 Å². The van der Waals surface area contributed by atoms with E-state index in [1.165, 1.54) is 7.11 Å². The molecule has 1 aliphatic heterocycles. The number of nitrogens with one attached hydrogen (secondary N) is 1. The van der Waals surface area contributed by atoms with E-state index in [4.69, 9.17) is 11.2 Å². The smallest absolute Gasteiger partial charge is 0.337 e. The van der Waals surface area contributed by atoms with Gasteiger partial charge >= 0.3 is 5.97 Å². The fourth-order valence-corrected chi connectivity index (χ4v) is 2.27. The zero-order valence-corrected chi connectivity index (χ0v) is 11.6. The van der Waals surface area contributed by atoms with Gasteiger partial charge < -0.3 is 9.47 Å². The van der Waals surface area contributed by atoms with Gasteiger partial charge in [-0.25, -0.2) is 4.79 Å². The van der Waals surface area contributed by atoms with Crippen molar-refractivity contribution < 1.29 is 14.3 Å². The molecule has 2 rings (SSSR count). The van der Waals surface area contributed by atoms with Crippen molar-refractivity contribution in [3.63, 3.8) is 0 Å². The second-order valence-electron chi connectivity index (χ2n) is 4.77. The summed E-state index contributed by atoms with van der Waals surface area (Å²) in [4.78, 5) is 11.3. The Morgan fingerprint density at radius 3 is 2.85 bits per heavy atom. The highest BCUT2D eigenvalue weighted by Gasteiger charge is 2.23. The Labute approximate surface area is 119 Å². The lowest BCUT2D eigenvalue weighted by molar-refractivity contribution is 0.0600. The van der Waals surface area contributed by atoms with Crippen LogP contribution in [0.15, 0.2) is 24.3 Å². The predicted molar refractivity (Wildman–Crippen MR) is 76.2 cm³/mol. The van der Waals surface area contributed by atoms with Crippen LogP contribution in [-0.4, -0.2) is 31.8 Å². The first-order chi connectivity index (χ1) is 9.74. The molecule has 0 unspecified atom stereocenters. The van der Waals surface area contributed by atoms with Crippen molar-refractivity contribution in [1.82, 2.24) is 5.32 Å². The molecule has 1 saturated heterocycles. The van der Waals surface area contributed by atoms with Crippen molar-refractivity contribution in [3.8, 4) is 12.3 Å². The van der Waals surface area contributed by atoms with Crippen LogP contribution in [0, 0.1) is 12.3 Å². The minimum Gasteiger partial charge on any atom is -0.465 e. The molecule has 0 amide bonds. The van der Waals surface area contributed by atoms with Gasteiger partial charge in [0, 0.05) is 13.2 Å². The van der Waals surface area contributed by atoms with Crippen molar-refractivity contribution in [2.24, 2.45) is 0 Å². The molecule has 20 heavy (non-hydrogen) atoms. The number of carbonyl (C=O) groups excluding carboxylic acids is 1. The van der Waals surface area contributed by atoms with E-state index in [-0.39, 0.29) is 18.1 Å². The van der Waals surface area contributed by atoms with Gasteiger partial charge in [0.25, 0.3) is 0 Å². The summed E-state index contributed by atoms with van der Waals surface area (Å²) < 4.78 is 10.3. The maximum absolute atomic E-state index is 11.3. The van der Waals surface area contributed by atoms with E-state index >= 15 is 0 Å². The predicted octanol–water partition coefficient (Wildman–Crippen LogP) is 1.74. The summed E-state index contributed by atoms with van der Waals surface area (Å²) in [6.45, 7) is 1.44. The standard InChI is InChI=1S/C16H19NO3/c1-3-14(15-5-4-10-20-15)17-11-12-6-8-13(9-7-12)16(18)19-2/h1,6-9,14-15,17H,4-5,10-11H2,2H3/t14-,15-/m0/s1. The number of ether oxygens (including phenoxy) is 2. The molecular formula is C16H19NO3. The highest BCUT2D eigenvalue weighted by Crippen LogP contribution is 2.16. The largest absolute Gasteiger partial charge is 0.465 e. The Morgan fingerprint density at radius 1 is 1.55 bits per heavy atom.